The van der Waals surface area contributed by atoms with Crippen LogP contribution in [0, 0.1) is 5.92 Å². The summed E-state index contributed by atoms with van der Waals surface area (Å²) in [5.74, 6) is -0.186. The molecular formula is C21H28N2O4S. The van der Waals surface area contributed by atoms with Crippen molar-refractivity contribution in [2.45, 2.75) is 37.5 Å². The second-order valence-electron chi connectivity index (χ2n) is 6.97. The fourth-order valence-corrected chi connectivity index (χ4v) is 3.86. The Hall–Kier alpha value is -2.22. The highest BCUT2D eigenvalue weighted by molar-refractivity contribution is 7.89. The maximum Gasteiger partial charge on any atom is 0.240 e. The van der Waals surface area contributed by atoms with Crippen LogP contribution in [-0.2, 0) is 14.8 Å². The van der Waals surface area contributed by atoms with Gasteiger partial charge in [0.2, 0.25) is 15.9 Å². The summed E-state index contributed by atoms with van der Waals surface area (Å²) in [5.41, 5.74) is 1.64. The smallest absolute Gasteiger partial charge is 0.240 e. The Morgan fingerprint density at radius 1 is 1.00 bits per heavy atom. The zero-order valence-electron chi connectivity index (χ0n) is 16.3. The van der Waals surface area contributed by atoms with Gasteiger partial charge >= 0.3 is 0 Å². The van der Waals surface area contributed by atoms with Gasteiger partial charge in [-0.1, -0.05) is 44.2 Å². The Balaban J connectivity index is 1.96. The minimum absolute atomic E-state index is 0.0515. The van der Waals surface area contributed by atoms with Gasteiger partial charge < -0.3 is 10.4 Å². The lowest BCUT2D eigenvalue weighted by molar-refractivity contribution is -0.118. The van der Waals surface area contributed by atoms with Gasteiger partial charge in [-0.05, 0) is 48.6 Å². The zero-order chi connectivity index (χ0) is 20.6. The van der Waals surface area contributed by atoms with Gasteiger partial charge in [0.1, 0.15) is 0 Å². The lowest BCUT2D eigenvalue weighted by atomic mass is 9.93. The molecule has 7 heteroatoms. The number of nitrogens with one attached hydrogen (secondary N) is 2. The van der Waals surface area contributed by atoms with E-state index in [0.29, 0.717) is 18.5 Å². The minimum Gasteiger partial charge on any atom is -0.396 e. The maximum atomic E-state index is 12.5. The number of carbonyl (C=O) groups is 1. The Kier molecular flexibility index (Phi) is 8.17. The Labute approximate surface area is 167 Å². The van der Waals surface area contributed by atoms with Crippen molar-refractivity contribution < 1.29 is 18.3 Å². The predicted octanol–water partition coefficient (Wildman–Crippen LogP) is 3.12. The number of rotatable bonds is 10. The molecule has 0 spiro atoms. The third-order valence-electron chi connectivity index (χ3n) is 4.49. The minimum atomic E-state index is -3.64. The van der Waals surface area contributed by atoms with E-state index in [4.69, 9.17) is 0 Å². The van der Waals surface area contributed by atoms with Crippen molar-refractivity contribution in [2.24, 2.45) is 5.92 Å². The van der Waals surface area contributed by atoms with Gasteiger partial charge in [-0.3, -0.25) is 4.79 Å². The van der Waals surface area contributed by atoms with Gasteiger partial charge in [0.05, 0.1) is 4.90 Å². The molecule has 0 radical (unpaired) electrons. The lowest BCUT2D eigenvalue weighted by Crippen LogP contribution is -2.26. The predicted molar refractivity (Wildman–Crippen MR) is 111 cm³/mol. The average molecular weight is 405 g/mol. The standard InChI is InChI=1S/C21H28N2O4S/c1-16(2)21(25)23-19-8-10-20(11-9-19)28(26,27)22-14-12-18(13-15-24)17-6-4-3-5-7-17/h3-11,16,18,22,24H,12-15H2,1-2H3,(H,23,25). The molecule has 1 amide bonds. The monoisotopic (exact) mass is 404 g/mol. The number of aliphatic hydroxyl groups is 1. The maximum absolute atomic E-state index is 12.5. The molecule has 28 heavy (non-hydrogen) atoms. The van der Waals surface area contributed by atoms with E-state index >= 15 is 0 Å². The van der Waals surface area contributed by atoms with Crippen LogP contribution in [-0.4, -0.2) is 32.6 Å². The first kappa shape index (κ1) is 22.1. The summed E-state index contributed by atoms with van der Waals surface area (Å²) in [7, 11) is -3.64. The molecule has 0 aliphatic carbocycles. The van der Waals surface area contributed by atoms with Gasteiger partial charge in [-0.2, -0.15) is 0 Å². The van der Waals surface area contributed by atoms with Crippen LogP contribution in [0.2, 0.25) is 0 Å². The van der Waals surface area contributed by atoms with Crippen LogP contribution in [0.25, 0.3) is 0 Å². The van der Waals surface area contributed by atoms with E-state index in [1.807, 2.05) is 30.3 Å². The number of benzene rings is 2. The van der Waals surface area contributed by atoms with Gasteiger partial charge in [0.25, 0.3) is 0 Å². The molecule has 0 aromatic heterocycles. The first-order valence-electron chi connectivity index (χ1n) is 9.40. The number of anilines is 1. The van der Waals surface area contributed by atoms with E-state index in [-0.39, 0.29) is 35.8 Å². The lowest BCUT2D eigenvalue weighted by Gasteiger charge is -2.17. The second-order valence-corrected chi connectivity index (χ2v) is 8.74. The third-order valence-corrected chi connectivity index (χ3v) is 5.97. The highest BCUT2D eigenvalue weighted by atomic mass is 32.2. The third kappa shape index (κ3) is 6.44. The summed E-state index contributed by atoms with van der Waals surface area (Å²) >= 11 is 0. The molecule has 1 atom stereocenters. The molecule has 2 aromatic rings. The molecule has 152 valence electrons. The molecule has 6 nitrogen and oxygen atoms in total. The molecule has 0 saturated heterocycles. The summed E-state index contributed by atoms with van der Waals surface area (Å²) in [6.45, 7) is 3.90. The fraction of sp³-hybridized carbons (Fsp3) is 0.381. The van der Waals surface area contributed by atoms with E-state index in [0.717, 1.165) is 5.56 Å². The largest absolute Gasteiger partial charge is 0.396 e. The molecular weight excluding hydrogens is 376 g/mol. The van der Waals surface area contributed by atoms with Gasteiger partial charge in [-0.25, -0.2) is 13.1 Å². The molecule has 0 aliphatic rings. The average Bonchev–Trinajstić information content (AvgIpc) is 2.68. The molecule has 0 bridgehead atoms. The zero-order valence-corrected chi connectivity index (χ0v) is 17.1. The van der Waals surface area contributed by atoms with E-state index in [1.165, 1.54) is 12.1 Å². The van der Waals surface area contributed by atoms with Crippen molar-refractivity contribution in [3.8, 4) is 0 Å². The molecule has 0 saturated carbocycles. The number of aliphatic hydroxyl groups excluding tert-OH is 1. The van der Waals surface area contributed by atoms with Crippen LogP contribution < -0.4 is 10.0 Å². The summed E-state index contributed by atoms with van der Waals surface area (Å²) in [5, 5.41) is 12.0. The first-order valence-corrected chi connectivity index (χ1v) is 10.9. The molecule has 0 heterocycles. The molecule has 0 aliphatic heterocycles. The van der Waals surface area contributed by atoms with Crippen LogP contribution in [0.5, 0.6) is 0 Å². The number of hydrogen-bond donors (Lipinski definition) is 3. The van der Waals surface area contributed by atoms with Crippen molar-refractivity contribution in [1.29, 1.82) is 0 Å². The van der Waals surface area contributed by atoms with Crippen molar-refractivity contribution >= 4 is 21.6 Å². The van der Waals surface area contributed by atoms with Crippen molar-refractivity contribution in [3.05, 3.63) is 60.2 Å². The highest BCUT2D eigenvalue weighted by Crippen LogP contribution is 2.23. The normalized spacial score (nSPS) is 12.7. The summed E-state index contributed by atoms with van der Waals surface area (Å²) in [4.78, 5) is 11.9. The van der Waals surface area contributed by atoms with E-state index in [2.05, 4.69) is 10.0 Å². The Morgan fingerprint density at radius 2 is 1.64 bits per heavy atom. The van der Waals surface area contributed by atoms with Crippen molar-refractivity contribution in [2.75, 3.05) is 18.5 Å². The van der Waals surface area contributed by atoms with Crippen molar-refractivity contribution in [1.82, 2.24) is 4.72 Å². The van der Waals surface area contributed by atoms with E-state index in [1.54, 1.807) is 26.0 Å². The first-order chi connectivity index (χ1) is 13.3. The van der Waals surface area contributed by atoms with Crippen LogP contribution in [0.4, 0.5) is 5.69 Å². The summed E-state index contributed by atoms with van der Waals surface area (Å²) in [6.07, 6.45) is 1.17. The fourth-order valence-electron chi connectivity index (χ4n) is 2.81. The van der Waals surface area contributed by atoms with E-state index < -0.39 is 10.0 Å². The summed E-state index contributed by atoms with van der Waals surface area (Å²) in [6, 6.07) is 15.9. The van der Waals surface area contributed by atoms with Gasteiger partial charge in [-0.15, -0.1) is 0 Å². The number of sulfonamides is 1. The topological polar surface area (TPSA) is 95.5 Å². The molecule has 3 N–H and O–H groups in total. The van der Waals surface area contributed by atoms with Crippen LogP contribution in [0.1, 0.15) is 38.2 Å². The van der Waals surface area contributed by atoms with Crippen molar-refractivity contribution in [3.63, 3.8) is 0 Å². The van der Waals surface area contributed by atoms with Crippen LogP contribution >= 0.6 is 0 Å². The highest BCUT2D eigenvalue weighted by Gasteiger charge is 2.16. The number of carbonyl (C=O) groups excluding carboxylic acids is 1. The Morgan fingerprint density at radius 3 is 2.21 bits per heavy atom. The SMILES string of the molecule is CC(C)C(=O)Nc1ccc(S(=O)(=O)NCCC(CCO)c2ccccc2)cc1. The molecule has 0 fully saturated rings. The van der Waals surface area contributed by atoms with Gasteiger partial charge in [0, 0.05) is 24.8 Å². The van der Waals surface area contributed by atoms with Crippen LogP contribution in [0.3, 0.4) is 0 Å². The Bertz CT molecular complexity index is 850. The van der Waals surface area contributed by atoms with Gasteiger partial charge in [0.15, 0.2) is 0 Å². The second kappa shape index (κ2) is 10.4. The molecule has 2 aromatic carbocycles. The quantitative estimate of drug-likeness (QED) is 0.567. The number of hydrogen-bond acceptors (Lipinski definition) is 4. The number of amides is 1. The van der Waals surface area contributed by atoms with E-state index in [9.17, 15) is 18.3 Å². The summed E-state index contributed by atoms with van der Waals surface area (Å²) < 4.78 is 27.6. The van der Waals surface area contributed by atoms with Crippen LogP contribution in [0.15, 0.2) is 59.5 Å². The molecule has 1 unspecified atom stereocenters. The molecule has 2 rings (SSSR count).